The Bertz CT molecular complexity index is 1340. The number of aliphatic imine (C=N–C) groups is 1. The number of hydrogen-bond donors (Lipinski definition) is 1. The third-order valence-electron chi connectivity index (χ3n) is 4.60. The summed E-state index contributed by atoms with van der Waals surface area (Å²) in [5, 5.41) is 13.3. The molecule has 2 aromatic rings. The molecule has 1 N–H and O–H groups in total. The van der Waals surface area contributed by atoms with Crippen molar-refractivity contribution in [2.45, 2.75) is 0 Å². The van der Waals surface area contributed by atoms with Crippen molar-refractivity contribution < 1.29 is 27.4 Å². The maximum Gasteiger partial charge on any atom is 0.283 e. The van der Waals surface area contributed by atoms with E-state index in [1.54, 1.807) is 18.2 Å². The van der Waals surface area contributed by atoms with E-state index in [-0.39, 0.29) is 21.0 Å². The molecule has 0 atom stereocenters. The van der Waals surface area contributed by atoms with Crippen molar-refractivity contribution in [1.29, 1.82) is 5.41 Å². The van der Waals surface area contributed by atoms with E-state index in [4.69, 9.17) is 19.6 Å². The number of hydrazone groups is 1. The van der Waals surface area contributed by atoms with E-state index in [0.717, 1.165) is 28.8 Å². The minimum atomic E-state index is -3.59. The molecule has 0 spiro atoms. The molecule has 12 heteroatoms. The van der Waals surface area contributed by atoms with Crippen LogP contribution in [0.1, 0.15) is 5.56 Å². The van der Waals surface area contributed by atoms with Crippen LogP contribution in [0.25, 0.3) is 6.08 Å². The molecule has 0 bridgehead atoms. The second kappa shape index (κ2) is 9.69. The molecule has 34 heavy (non-hydrogen) atoms. The number of nitrogens with one attached hydrogen (secondary N) is 1. The van der Waals surface area contributed by atoms with E-state index in [1.807, 2.05) is 30.3 Å². The van der Waals surface area contributed by atoms with Gasteiger partial charge in [-0.15, -0.1) is 5.10 Å². The third-order valence-corrected chi connectivity index (χ3v) is 7.18. The van der Waals surface area contributed by atoms with Gasteiger partial charge < -0.3 is 14.2 Å². The number of nitrogens with zero attached hydrogens (tertiary/aromatic N) is 3. The average Bonchev–Trinajstić information content (AvgIpc) is 3.25. The number of ether oxygens (including phenoxy) is 3. The smallest absolute Gasteiger partial charge is 0.283 e. The van der Waals surface area contributed by atoms with Crippen LogP contribution in [0, 0.1) is 5.41 Å². The highest BCUT2D eigenvalue weighted by molar-refractivity contribution is 8.42. The van der Waals surface area contributed by atoms with Gasteiger partial charge in [0.1, 0.15) is 19.0 Å². The number of hydrogen-bond acceptors (Lipinski definition) is 9. The largest absolute Gasteiger partial charge is 0.493 e. The molecule has 10 nitrogen and oxygen atoms in total. The van der Waals surface area contributed by atoms with Crippen molar-refractivity contribution in [2.75, 3.05) is 26.6 Å². The van der Waals surface area contributed by atoms with E-state index in [2.05, 4.69) is 10.1 Å². The fraction of sp³-hybridized carbons (Fsp3) is 0.182. The van der Waals surface area contributed by atoms with Crippen molar-refractivity contribution in [2.24, 2.45) is 10.1 Å². The number of sulfone groups is 1. The molecule has 176 valence electrons. The lowest BCUT2D eigenvalue weighted by Gasteiger charge is -2.20. The number of amidine groups is 2. The number of amides is 1. The molecule has 2 aliphatic heterocycles. The third kappa shape index (κ3) is 5.13. The van der Waals surface area contributed by atoms with Gasteiger partial charge in [0, 0.05) is 6.26 Å². The van der Waals surface area contributed by atoms with Crippen LogP contribution >= 0.6 is 11.8 Å². The van der Waals surface area contributed by atoms with Gasteiger partial charge in [0.25, 0.3) is 5.91 Å². The Hall–Kier alpha value is -3.64. The number of rotatable bonds is 7. The number of benzene rings is 2. The second-order valence-electron chi connectivity index (χ2n) is 7.08. The summed E-state index contributed by atoms with van der Waals surface area (Å²) in [6.45, 7) is 0.633. The highest BCUT2D eigenvalue weighted by atomic mass is 32.3. The number of thioether (sulfide) groups is 1. The van der Waals surface area contributed by atoms with Crippen LogP contribution in [0.15, 0.2) is 64.2 Å². The molecule has 0 aromatic heterocycles. The first-order chi connectivity index (χ1) is 16.3. The van der Waals surface area contributed by atoms with Crippen LogP contribution in [-0.2, 0) is 14.6 Å². The summed E-state index contributed by atoms with van der Waals surface area (Å²) in [4.78, 5) is 16.4. The molecular weight excluding hydrogens is 480 g/mol. The molecule has 1 amide bonds. The van der Waals surface area contributed by atoms with E-state index in [0.29, 0.717) is 30.3 Å². The monoisotopic (exact) mass is 500 g/mol. The Morgan fingerprint density at radius 2 is 1.82 bits per heavy atom. The SMILES string of the molecule is COc1cc(/C=C2/C(=N)N3N=C(S(C)(=O)=O)SC3=NC2=O)ccc1OCCOc1ccccc1. The standard InChI is InChI=1S/C22H20N4O6S2/c1-30-18-13-14(8-9-17(18)32-11-10-31-15-6-4-3-5-7-15)12-16-19(23)26-21(24-20(16)27)33-22(25-26)34(2,28)29/h3-9,12-13,23H,10-11H2,1-2H3/b16-12-,23-19?. The van der Waals surface area contributed by atoms with Gasteiger partial charge in [0.15, 0.2) is 17.3 Å². The zero-order valence-electron chi connectivity index (χ0n) is 18.2. The van der Waals surface area contributed by atoms with E-state index in [9.17, 15) is 13.2 Å². The highest BCUT2D eigenvalue weighted by Crippen LogP contribution is 2.32. The molecule has 0 aliphatic carbocycles. The first-order valence-electron chi connectivity index (χ1n) is 9.95. The zero-order valence-corrected chi connectivity index (χ0v) is 19.9. The summed E-state index contributed by atoms with van der Waals surface area (Å²) in [6.07, 6.45) is 2.47. The van der Waals surface area contributed by atoms with Gasteiger partial charge in [-0.05, 0) is 47.7 Å². The molecule has 0 saturated heterocycles. The van der Waals surface area contributed by atoms with Crippen LogP contribution in [-0.4, -0.2) is 61.3 Å². The van der Waals surface area contributed by atoms with E-state index >= 15 is 0 Å². The fourth-order valence-corrected chi connectivity index (χ4v) is 4.70. The van der Waals surface area contributed by atoms with Crippen LogP contribution in [0.2, 0.25) is 0 Å². The molecule has 0 saturated carbocycles. The lowest BCUT2D eigenvalue weighted by molar-refractivity contribution is -0.114. The first-order valence-corrected chi connectivity index (χ1v) is 12.7. The van der Waals surface area contributed by atoms with Crippen LogP contribution in [0.3, 0.4) is 0 Å². The van der Waals surface area contributed by atoms with Crippen molar-refractivity contribution in [3.05, 3.63) is 59.7 Å². The van der Waals surface area contributed by atoms with Crippen LogP contribution in [0.5, 0.6) is 17.2 Å². The fourth-order valence-electron chi connectivity index (χ4n) is 3.01. The Kier molecular flexibility index (Phi) is 6.70. The summed E-state index contributed by atoms with van der Waals surface area (Å²) >= 11 is 0.736. The molecule has 0 radical (unpaired) electrons. The summed E-state index contributed by atoms with van der Waals surface area (Å²) in [7, 11) is -2.10. The summed E-state index contributed by atoms with van der Waals surface area (Å²) in [6, 6.07) is 14.4. The number of para-hydroxylation sites is 1. The number of carbonyl (C=O) groups excluding carboxylic acids is 1. The van der Waals surface area contributed by atoms with Crippen molar-refractivity contribution >= 4 is 49.0 Å². The van der Waals surface area contributed by atoms with Crippen molar-refractivity contribution in [1.82, 2.24) is 5.01 Å². The Balaban J connectivity index is 1.48. The highest BCUT2D eigenvalue weighted by Gasteiger charge is 2.38. The molecule has 2 aliphatic rings. The minimum absolute atomic E-state index is 0.0326. The quantitative estimate of drug-likeness (QED) is 0.454. The number of carbonyl (C=O) groups is 1. The second-order valence-corrected chi connectivity index (χ2v) is 10.2. The lowest BCUT2D eigenvalue weighted by Crippen LogP contribution is -2.35. The van der Waals surface area contributed by atoms with Gasteiger partial charge in [-0.1, -0.05) is 24.3 Å². The van der Waals surface area contributed by atoms with E-state index in [1.165, 1.54) is 13.2 Å². The zero-order chi connectivity index (χ0) is 24.3. The predicted octanol–water partition coefficient (Wildman–Crippen LogP) is 2.77. The maximum atomic E-state index is 12.5. The summed E-state index contributed by atoms with van der Waals surface area (Å²) in [5.74, 6) is 0.742. The number of fused-ring (bicyclic) bond motifs is 1. The molecule has 2 aromatic carbocycles. The molecule has 0 fully saturated rings. The van der Waals surface area contributed by atoms with Gasteiger partial charge >= 0.3 is 0 Å². The molecule has 0 unspecified atom stereocenters. The molecule has 2 heterocycles. The predicted molar refractivity (Wildman–Crippen MR) is 130 cm³/mol. The number of methoxy groups -OCH3 is 1. The van der Waals surface area contributed by atoms with Crippen molar-refractivity contribution in [3.8, 4) is 17.2 Å². The average molecular weight is 501 g/mol. The van der Waals surface area contributed by atoms with Gasteiger partial charge in [-0.3, -0.25) is 10.2 Å². The minimum Gasteiger partial charge on any atom is -0.493 e. The lowest BCUT2D eigenvalue weighted by atomic mass is 10.1. The van der Waals surface area contributed by atoms with Crippen LogP contribution < -0.4 is 14.2 Å². The topological polar surface area (TPSA) is 131 Å². The first kappa shape index (κ1) is 23.5. The molecule has 4 rings (SSSR count). The maximum absolute atomic E-state index is 12.5. The normalized spacial score (nSPS) is 16.8. The van der Waals surface area contributed by atoms with E-state index < -0.39 is 15.7 Å². The van der Waals surface area contributed by atoms with Gasteiger partial charge in [-0.2, -0.15) is 10.0 Å². The van der Waals surface area contributed by atoms with Gasteiger partial charge in [0.05, 0.1) is 12.7 Å². The Morgan fingerprint density at radius 1 is 1.09 bits per heavy atom. The Morgan fingerprint density at radius 3 is 2.53 bits per heavy atom. The summed E-state index contributed by atoms with van der Waals surface area (Å²) in [5.41, 5.74) is 0.533. The summed E-state index contributed by atoms with van der Waals surface area (Å²) < 4.78 is 40.1. The molecular formula is C22H20N4O6S2. The van der Waals surface area contributed by atoms with Crippen LogP contribution in [0.4, 0.5) is 0 Å². The van der Waals surface area contributed by atoms with Gasteiger partial charge in [-0.25, -0.2) is 8.42 Å². The van der Waals surface area contributed by atoms with Crippen molar-refractivity contribution in [3.63, 3.8) is 0 Å². The van der Waals surface area contributed by atoms with Gasteiger partial charge in [0.2, 0.25) is 19.4 Å². The Labute approximate surface area is 200 Å².